The number of hydrogen-bond donors (Lipinski definition) is 2. The van der Waals surface area contributed by atoms with Crippen molar-refractivity contribution in [3.05, 3.63) is 0 Å². The molecule has 0 aromatic heterocycles. The molecule has 4 aliphatic rings. The van der Waals surface area contributed by atoms with E-state index in [4.69, 9.17) is 10.5 Å². The summed E-state index contributed by atoms with van der Waals surface area (Å²) in [6.07, 6.45) is 6.31. The van der Waals surface area contributed by atoms with E-state index < -0.39 is 15.9 Å². The summed E-state index contributed by atoms with van der Waals surface area (Å²) in [4.78, 5) is 3.19. The van der Waals surface area contributed by atoms with Crippen LogP contribution in [0.3, 0.4) is 0 Å². The van der Waals surface area contributed by atoms with E-state index in [1.165, 1.54) is 12.8 Å². The van der Waals surface area contributed by atoms with Crippen LogP contribution in [0.2, 0.25) is 0 Å². The van der Waals surface area contributed by atoms with Gasteiger partial charge in [-0.1, -0.05) is 37.4 Å². The number of ether oxygens (including phenoxy) is 1. The minimum Gasteiger partial charge on any atom is -0.327 e. The van der Waals surface area contributed by atoms with Crippen LogP contribution >= 0.6 is 11.8 Å². The molecule has 0 unspecified atom stereocenters. The van der Waals surface area contributed by atoms with E-state index in [1.54, 1.807) is 11.8 Å². The molecule has 2 spiro atoms. The van der Waals surface area contributed by atoms with E-state index in [9.17, 15) is 10.5 Å². The van der Waals surface area contributed by atoms with Gasteiger partial charge in [-0.15, -0.1) is 0 Å². The Morgan fingerprint density at radius 1 is 1.14 bits per heavy atom. The van der Waals surface area contributed by atoms with Crippen molar-refractivity contribution < 1.29 is 9.73 Å². The summed E-state index contributed by atoms with van der Waals surface area (Å²) in [6.45, 7) is 0.603. The average molecular weight is 303 g/mol. The Hall–Kier alpha value is -1.24. The molecular formula is C15H19N4OS+. The third-order valence-electron chi connectivity index (χ3n) is 6.12. The molecule has 4 rings (SSSR count). The van der Waals surface area contributed by atoms with Crippen LogP contribution in [0.5, 0.6) is 0 Å². The van der Waals surface area contributed by atoms with Gasteiger partial charge in [0.15, 0.2) is 10.8 Å². The molecule has 2 heterocycles. The van der Waals surface area contributed by atoms with E-state index in [0.717, 1.165) is 31.4 Å². The first-order valence-corrected chi connectivity index (χ1v) is 8.66. The van der Waals surface area contributed by atoms with Crippen molar-refractivity contribution in [2.75, 3.05) is 12.4 Å². The van der Waals surface area contributed by atoms with Gasteiger partial charge in [0, 0.05) is 11.2 Å². The predicted molar refractivity (Wildman–Crippen MR) is 77.5 cm³/mol. The van der Waals surface area contributed by atoms with Crippen molar-refractivity contribution in [2.45, 2.75) is 43.6 Å². The molecule has 0 amide bonds. The van der Waals surface area contributed by atoms with Gasteiger partial charge in [-0.2, -0.15) is 10.5 Å². The fraction of sp³-hybridized carbons (Fsp3) is 0.800. The maximum absolute atomic E-state index is 10.1. The van der Waals surface area contributed by atoms with E-state index in [0.29, 0.717) is 12.4 Å². The zero-order valence-electron chi connectivity index (χ0n) is 11.9. The summed E-state index contributed by atoms with van der Waals surface area (Å²) in [7, 11) is 0. The molecule has 0 bridgehead atoms. The molecule has 2 aliphatic heterocycles. The number of fused-ring (bicyclic) bond motifs is 4. The molecule has 1 saturated heterocycles. The summed E-state index contributed by atoms with van der Waals surface area (Å²) in [5.74, 6) is 1.30. The second-order valence-electron chi connectivity index (χ2n) is 6.57. The Morgan fingerprint density at radius 2 is 1.86 bits per heavy atom. The Balaban J connectivity index is 1.93. The maximum atomic E-state index is 10.1. The van der Waals surface area contributed by atoms with Gasteiger partial charge in [0.25, 0.3) is 10.9 Å². The van der Waals surface area contributed by atoms with Crippen molar-refractivity contribution >= 4 is 17.6 Å². The van der Waals surface area contributed by atoms with Crippen LogP contribution in [-0.2, 0) is 4.74 Å². The van der Waals surface area contributed by atoms with E-state index in [2.05, 4.69) is 17.1 Å². The maximum Gasteiger partial charge on any atom is 0.277 e. The lowest BCUT2D eigenvalue weighted by Crippen LogP contribution is -2.88. The van der Waals surface area contributed by atoms with Gasteiger partial charge < -0.3 is 4.74 Å². The van der Waals surface area contributed by atoms with Crippen LogP contribution < -0.4 is 10.7 Å². The van der Waals surface area contributed by atoms with Gasteiger partial charge in [-0.05, 0) is 12.8 Å². The molecule has 2 saturated carbocycles. The Bertz CT molecular complexity index is 604. The fourth-order valence-electron chi connectivity index (χ4n) is 5.38. The Labute approximate surface area is 128 Å². The van der Waals surface area contributed by atoms with Crippen LogP contribution in [0, 0.1) is 38.9 Å². The smallest absolute Gasteiger partial charge is 0.277 e. The number of amidine groups is 1. The first kappa shape index (κ1) is 13.4. The highest BCUT2D eigenvalue weighted by atomic mass is 32.2. The number of thioether (sulfide) groups is 1. The molecule has 3 N–H and O–H groups in total. The number of rotatable bonds is 0. The van der Waals surface area contributed by atoms with Crippen LogP contribution in [0.4, 0.5) is 0 Å². The molecule has 2 aliphatic carbocycles. The summed E-state index contributed by atoms with van der Waals surface area (Å²) in [5, 5.41) is 19.3. The first-order chi connectivity index (χ1) is 10.2. The summed E-state index contributed by atoms with van der Waals surface area (Å²) >= 11 is 1.61. The quantitative estimate of drug-likeness (QED) is 0.667. The van der Waals surface area contributed by atoms with Crippen molar-refractivity contribution in [1.82, 2.24) is 0 Å². The summed E-state index contributed by atoms with van der Waals surface area (Å²) in [6, 6.07) is 4.98. The van der Waals surface area contributed by atoms with Gasteiger partial charge >= 0.3 is 0 Å². The van der Waals surface area contributed by atoms with Crippen LogP contribution in [0.25, 0.3) is 0 Å². The third kappa shape index (κ3) is 1.08. The molecule has 0 radical (unpaired) electrons. The molecule has 6 heteroatoms. The molecule has 110 valence electrons. The predicted octanol–water partition coefficient (Wildman–Crippen LogP) is 0.229. The Morgan fingerprint density at radius 3 is 2.38 bits per heavy atom. The third-order valence-corrected chi connectivity index (χ3v) is 7.42. The number of nitriles is 2. The highest BCUT2D eigenvalue weighted by Gasteiger charge is 3.02. The summed E-state index contributed by atoms with van der Waals surface area (Å²) < 4.78 is 5.99. The number of hydrogen-bond acceptors (Lipinski definition) is 5. The zero-order valence-corrected chi connectivity index (χ0v) is 12.8. The second kappa shape index (κ2) is 3.94. The molecule has 5 nitrogen and oxygen atoms in total. The van der Waals surface area contributed by atoms with Gasteiger partial charge in [0.2, 0.25) is 0 Å². The van der Waals surface area contributed by atoms with E-state index in [-0.39, 0.29) is 5.41 Å². The highest BCUT2D eigenvalue weighted by molar-refractivity contribution is 8.00. The van der Waals surface area contributed by atoms with Gasteiger partial charge in [0.1, 0.15) is 0 Å². The first-order valence-electron chi connectivity index (χ1n) is 7.68. The largest absolute Gasteiger partial charge is 0.327 e. The molecule has 3 atom stereocenters. The minimum atomic E-state index is -0.879. The monoisotopic (exact) mass is 303 g/mol. The molecule has 21 heavy (non-hydrogen) atoms. The normalized spacial score (nSPS) is 46.5. The minimum absolute atomic E-state index is 0.327. The lowest BCUT2D eigenvalue weighted by Gasteiger charge is -2.29. The number of nitrogens with one attached hydrogen (secondary N) is 1. The van der Waals surface area contributed by atoms with Crippen LogP contribution in [-0.4, -0.2) is 23.3 Å². The topological polar surface area (TPSA) is 96.8 Å². The SMILES string of the molecule is N#C[C@]12C3(CCCCCC3)[C@@]1(C#N)C(N)=[NH+][C@@]21OCCS1. The van der Waals surface area contributed by atoms with Gasteiger partial charge in [-0.25, -0.2) is 4.99 Å². The fourth-order valence-corrected chi connectivity index (χ4v) is 6.79. The average Bonchev–Trinajstić information content (AvgIpc) is 2.72. The summed E-state index contributed by atoms with van der Waals surface area (Å²) in [5.41, 5.74) is 4.23. The number of nitrogens with zero attached hydrogens (tertiary/aromatic N) is 2. The Kier molecular flexibility index (Phi) is 2.52. The zero-order chi connectivity index (χ0) is 14.8. The molecule has 0 aromatic carbocycles. The molecular weight excluding hydrogens is 284 g/mol. The van der Waals surface area contributed by atoms with Crippen LogP contribution in [0.15, 0.2) is 0 Å². The standard InChI is InChI=1S/C15H18N4OS/c16-9-13-11(18)19-15(20-7-8-21-15)14(13,10-17)12(13)5-3-1-2-4-6-12/h1-8H2,(H2,18,19)/p+1/t13-,14+,15-/m1/s1. The second-order valence-corrected chi connectivity index (χ2v) is 7.84. The highest BCUT2D eigenvalue weighted by Crippen LogP contribution is 2.87. The lowest BCUT2D eigenvalue weighted by atomic mass is 9.83. The van der Waals surface area contributed by atoms with E-state index >= 15 is 0 Å². The van der Waals surface area contributed by atoms with Gasteiger partial charge in [0.05, 0.1) is 18.7 Å². The van der Waals surface area contributed by atoms with Crippen molar-refractivity contribution in [3.63, 3.8) is 0 Å². The molecule has 3 fully saturated rings. The lowest BCUT2D eigenvalue weighted by molar-refractivity contribution is -0.585. The van der Waals surface area contributed by atoms with Gasteiger partial charge in [-0.3, -0.25) is 5.73 Å². The van der Waals surface area contributed by atoms with Crippen molar-refractivity contribution in [3.8, 4) is 12.1 Å². The number of nitrogens with two attached hydrogens (primary N) is 1. The van der Waals surface area contributed by atoms with Crippen molar-refractivity contribution in [1.29, 1.82) is 10.5 Å². The van der Waals surface area contributed by atoms with E-state index in [1.807, 2.05) is 0 Å². The van der Waals surface area contributed by atoms with Crippen molar-refractivity contribution in [2.24, 2.45) is 22.0 Å². The van der Waals surface area contributed by atoms with Crippen LogP contribution in [0.1, 0.15) is 38.5 Å². The molecule has 0 aromatic rings.